The third-order valence-electron chi connectivity index (χ3n) is 6.43. The van der Waals surface area contributed by atoms with Crippen molar-refractivity contribution in [3.63, 3.8) is 0 Å². The average Bonchev–Trinajstić information content (AvgIpc) is 3.15. The van der Waals surface area contributed by atoms with Crippen LogP contribution in [0.3, 0.4) is 0 Å². The van der Waals surface area contributed by atoms with E-state index in [1.54, 1.807) is 0 Å². The molecule has 3 rings (SSSR count). The molecule has 2 amide bonds. The second-order valence-corrected chi connectivity index (χ2v) is 8.68. The zero-order chi connectivity index (χ0) is 21.1. The molecule has 0 radical (unpaired) electrons. The van der Waals surface area contributed by atoms with Crippen LogP contribution in [0.25, 0.3) is 0 Å². The fourth-order valence-corrected chi connectivity index (χ4v) is 5.16. The van der Waals surface area contributed by atoms with E-state index in [2.05, 4.69) is 11.5 Å². The lowest BCUT2D eigenvalue weighted by Crippen LogP contribution is -2.67. The van der Waals surface area contributed by atoms with Gasteiger partial charge in [-0.2, -0.15) is 5.26 Å². The second-order valence-electron chi connectivity index (χ2n) is 8.68. The molecule has 0 spiro atoms. The summed E-state index contributed by atoms with van der Waals surface area (Å²) in [4.78, 5) is 28.9. The maximum Gasteiger partial charge on any atom is 0.410 e. The van der Waals surface area contributed by atoms with Crippen LogP contribution in [0.5, 0.6) is 0 Å². The molecule has 3 fully saturated rings. The van der Waals surface area contributed by atoms with Gasteiger partial charge in [-0.1, -0.05) is 0 Å². The Bertz CT molecular complexity index is 651. The Labute approximate surface area is 172 Å². The molecule has 4 unspecified atom stereocenters. The third-order valence-corrected chi connectivity index (χ3v) is 6.43. The van der Waals surface area contributed by atoms with Crippen molar-refractivity contribution in [3.05, 3.63) is 0 Å². The average molecular weight is 408 g/mol. The number of amides is 2. The number of piperazine rings is 1. The molecule has 2 saturated heterocycles. The molecular weight excluding hydrogens is 374 g/mol. The molecule has 162 valence electrons. The fraction of sp³-hybridized carbons (Fsp3) is 0.850. The van der Waals surface area contributed by atoms with Gasteiger partial charge in [0.2, 0.25) is 0 Å². The van der Waals surface area contributed by atoms with E-state index in [1.807, 2.05) is 35.6 Å². The minimum atomic E-state index is -0.328. The van der Waals surface area contributed by atoms with E-state index in [0.717, 1.165) is 32.4 Å². The Morgan fingerprint density at radius 1 is 1.17 bits per heavy atom. The summed E-state index contributed by atoms with van der Waals surface area (Å²) in [6, 6.07) is 1.91. The number of fused-ring (bicyclic) bond motifs is 1. The largest absolute Gasteiger partial charge is 0.453 e. The number of hydrogen-bond donors (Lipinski definition) is 1. The summed E-state index contributed by atoms with van der Waals surface area (Å²) in [6.45, 7) is 8.14. The zero-order valence-electron chi connectivity index (χ0n) is 17.8. The van der Waals surface area contributed by atoms with Crippen LogP contribution in [0.15, 0.2) is 0 Å². The second kappa shape index (κ2) is 9.18. The Kier molecular flexibility index (Phi) is 6.85. The Balaban J connectivity index is 1.78. The number of methoxy groups -OCH3 is 1. The van der Waals surface area contributed by atoms with Gasteiger partial charge in [0, 0.05) is 19.6 Å². The number of nitriles is 1. The summed E-state index contributed by atoms with van der Waals surface area (Å²) in [7, 11) is 1.41. The van der Waals surface area contributed by atoms with Gasteiger partial charge >= 0.3 is 12.2 Å². The number of rotatable bonds is 3. The van der Waals surface area contributed by atoms with Crippen LogP contribution in [-0.4, -0.2) is 84.5 Å². The topological polar surface area (TPSA) is 98.1 Å². The number of carbonyl (C=O) groups is 2. The van der Waals surface area contributed by atoms with Crippen molar-refractivity contribution in [3.8, 4) is 6.07 Å². The lowest BCUT2D eigenvalue weighted by atomic mass is 9.73. The monoisotopic (exact) mass is 407 g/mol. The van der Waals surface area contributed by atoms with Crippen molar-refractivity contribution in [1.29, 1.82) is 5.26 Å². The summed E-state index contributed by atoms with van der Waals surface area (Å²) >= 11 is 0. The van der Waals surface area contributed by atoms with Gasteiger partial charge in [-0.3, -0.25) is 10.3 Å². The van der Waals surface area contributed by atoms with Gasteiger partial charge < -0.3 is 14.4 Å². The van der Waals surface area contributed by atoms with Gasteiger partial charge in [0.1, 0.15) is 6.54 Å². The quantitative estimate of drug-likeness (QED) is 0.712. The van der Waals surface area contributed by atoms with Gasteiger partial charge in [-0.25, -0.2) is 14.6 Å². The molecule has 2 heterocycles. The Morgan fingerprint density at radius 2 is 1.93 bits per heavy atom. The first kappa shape index (κ1) is 21.7. The molecule has 2 aliphatic heterocycles. The third kappa shape index (κ3) is 4.59. The van der Waals surface area contributed by atoms with E-state index in [9.17, 15) is 9.59 Å². The summed E-state index contributed by atoms with van der Waals surface area (Å²) in [5, 5.41) is 10.9. The van der Waals surface area contributed by atoms with E-state index in [1.165, 1.54) is 7.11 Å². The predicted molar refractivity (Wildman–Crippen MR) is 106 cm³/mol. The molecular formula is C20H33N5O4. The number of hydrazine groups is 1. The van der Waals surface area contributed by atoms with Crippen molar-refractivity contribution in [2.24, 2.45) is 11.8 Å². The van der Waals surface area contributed by atoms with Gasteiger partial charge in [-0.15, -0.1) is 0 Å². The van der Waals surface area contributed by atoms with Crippen LogP contribution < -0.4 is 5.43 Å². The predicted octanol–water partition coefficient (Wildman–Crippen LogP) is 1.80. The van der Waals surface area contributed by atoms with Crippen LogP contribution in [0.4, 0.5) is 9.59 Å². The van der Waals surface area contributed by atoms with Crippen molar-refractivity contribution < 1.29 is 19.1 Å². The first-order chi connectivity index (χ1) is 13.8. The zero-order valence-corrected chi connectivity index (χ0v) is 17.8. The number of carbonyl (C=O) groups excluding carboxylic acids is 2. The summed E-state index contributed by atoms with van der Waals surface area (Å²) < 4.78 is 10.6. The molecule has 0 aromatic carbocycles. The maximum absolute atomic E-state index is 12.8. The molecule has 9 nitrogen and oxygen atoms in total. The highest BCUT2D eigenvalue weighted by atomic mass is 16.6. The highest BCUT2D eigenvalue weighted by molar-refractivity contribution is 5.71. The SMILES string of the molecule is COC(=O)N1C2CCC(C3CNN(CC#N)C3)CC2N(C(=O)OC(C)C)C[C@@H]1C. The normalized spacial score (nSPS) is 32.6. The minimum absolute atomic E-state index is 0.0632. The number of nitrogens with zero attached hydrogens (tertiary/aromatic N) is 4. The first-order valence-electron chi connectivity index (χ1n) is 10.5. The highest BCUT2D eigenvalue weighted by Crippen LogP contribution is 2.40. The van der Waals surface area contributed by atoms with Crippen molar-refractivity contribution in [1.82, 2.24) is 20.2 Å². The number of hydrogen-bond acceptors (Lipinski definition) is 7. The standard InChI is InChI=1S/C20H33N5O4/c1-13(2)29-19(26)24-11-14(3)25(20(27)28-4)17-6-5-15(9-18(17)24)16-10-22-23(12-16)8-7-21/h13-18,22H,5-6,8-12H2,1-4H3/t14-,15?,16?,17?,18?/m0/s1. The van der Waals surface area contributed by atoms with Crippen LogP contribution in [0.1, 0.15) is 40.0 Å². The molecule has 1 saturated carbocycles. The van der Waals surface area contributed by atoms with Gasteiger partial charge in [0.15, 0.2) is 0 Å². The van der Waals surface area contributed by atoms with Gasteiger partial charge in [-0.05, 0) is 51.9 Å². The molecule has 0 aromatic rings. The van der Waals surface area contributed by atoms with E-state index in [0.29, 0.717) is 24.9 Å². The van der Waals surface area contributed by atoms with Crippen LogP contribution in [0, 0.1) is 23.2 Å². The van der Waals surface area contributed by atoms with Gasteiger partial charge in [0.05, 0.1) is 37.4 Å². The maximum atomic E-state index is 12.8. The van der Waals surface area contributed by atoms with E-state index < -0.39 is 0 Å². The molecule has 5 atom stereocenters. The Morgan fingerprint density at radius 3 is 2.59 bits per heavy atom. The number of nitrogens with one attached hydrogen (secondary N) is 1. The fourth-order valence-electron chi connectivity index (χ4n) is 5.16. The van der Waals surface area contributed by atoms with E-state index in [4.69, 9.17) is 14.7 Å². The van der Waals surface area contributed by atoms with Crippen molar-refractivity contribution in [2.75, 3.05) is 33.3 Å². The van der Waals surface area contributed by atoms with Crippen LogP contribution in [0.2, 0.25) is 0 Å². The van der Waals surface area contributed by atoms with E-state index >= 15 is 0 Å². The molecule has 3 aliphatic rings. The van der Waals surface area contributed by atoms with Crippen molar-refractivity contribution in [2.45, 2.75) is 64.3 Å². The van der Waals surface area contributed by atoms with E-state index in [-0.39, 0.29) is 36.4 Å². The minimum Gasteiger partial charge on any atom is -0.453 e. The van der Waals surface area contributed by atoms with Crippen LogP contribution >= 0.6 is 0 Å². The smallest absolute Gasteiger partial charge is 0.410 e. The van der Waals surface area contributed by atoms with Crippen molar-refractivity contribution >= 4 is 12.2 Å². The molecule has 0 bridgehead atoms. The highest BCUT2D eigenvalue weighted by Gasteiger charge is 2.49. The Hall–Kier alpha value is -2.05. The van der Waals surface area contributed by atoms with Gasteiger partial charge in [0.25, 0.3) is 0 Å². The van der Waals surface area contributed by atoms with Crippen LogP contribution in [-0.2, 0) is 9.47 Å². The lowest BCUT2D eigenvalue weighted by molar-refractivity contribution is -0.0443. The molecule has 29 heavy (non-hydrogen) atoms. The molecule has 1 N–H and O–H groups in total. The first-order valence-corrected chi connectivity index (χ1v) is 10.5. The number of ether oxygens (including phenoxy) is 2. The summed E-state index contributed by atoms with van der Waals surface area (Å²) in [5.74, 6) is 0.855. The molecule has 0 aromatic heterocycles. The summed E-state index contributed by atoms with van der Waals surface area (Å²) in [5.41, 5.74) is 3.30. The summed E-state index contributed by atoms with van der Waals surface area (Å²) in [6.07, 6.45) is 1.82. The lowest BCUT2D eigenvalue weighted by Gasteiger charge is -2.53. The molecule has 9 heteroatoms. The molecule has 1 aliphatic carbocycles.